The molecule has 5 heteroatoms. The highest BCUT2D eigenvalue weighted by Crippen LogP contribution is 2.30. The third-order valence-electron chi connectivity index (χ3n) is 5.57. The largest absolute Gasteiger partial charge is 0.464 e. The summed E-state index contributed by atoms with van der Waals surface area (Å²) in [4.78, 5) is 26.7. The number of nitrogens with zero attached hydrogens (tertiary/aromatic N) is 1. The predicted octanol–water partition coefficient (Wildman–Crippen LogP) is 4.84. The van der Waals surface area contributed by atoms with Crippen LogP contribution >= 0.6 is 0 Å². The van der Waals surface area contributed by atoms with Crippen LogP contribution in [-0.2, 0) is 16.0 Å². The fraction of sp³-hybridized carbons (Fsp3) is 0.200. The van der Waals surface area contributed by atoms with Crippen molar-refractivity contribution in [2.45, 2.75) is 20.3 Å². The van der Waals surface area contributed by atoms with Gasteiger partial charge in [-0.2, -0.15) is 0 Å². The molecule has 4 rings (SSSR count). The van der Waals surface area contributed by atoms with E-state index in [0.29, 0.717) is 0 Å². The second kappa shape index (κ2) is 8.03. The lowest BCUT2D eigenvalue weighted by atomic mass is 10.0. The van der Waals surface area contributed by atoms with Crippen molar-refractivity contribution in [2.24, 2.45) is 0 Å². The molecule has 1 heterocycles. The summed E-state index contributed by atoms with van der Waals surface area (Å²) in [6.45, 7) is 3.95. The number of anilines is 1. The van der Waals surface area contributed by atoms with Crippen LogP contribution < -0.4 is 5.32 Å². The number of fused-ring (bicyclic) bond motifs is 3. The van der Waals surface area contributed by atoms with Crippen molar-refractivity contribution in [3.63, 3.8) is 0 Å². The highest BCUT2D eigenvalue weighted by Gasteiger charge is 2.18. The molecule has 3 aromatic carbocycles. The Kier molecular flexibility index (Phi) is 5.27. The van der Waals surface area contributed by atoms with Gasteiger partial charge in [0.15, 0.2) is 0 Å². The van der Waals surface area contributed by atoms with Crippen LogP contribution in [0.4, 0.5) is 5.69 Å². The van der Waals surface area contributed by atoms with Crippen LogP contribution in [0.3, 0.4) is 0 Å². The molecule has 0 saturated carbocycles. The Morgan fingerprint density at radius 1 is 1.00 bits per heavy atom. The number of rotatable bonds is 5. The van der Waals surface area contributed by atoms with E-state index in [2.05, 4.69) is 5.32 Å². The van der Waals surface area contributed by atoms with Gasteiger partial charge < -0.3 is 14.6 Å². The third kappa shape index (κ3) is 3.79. The third-order valence-corrected chi connectivity index (χ3v) is 5.57. The predicted molar refractivity (Wildman–Crippen MR) is 120 cm³/mol. The van der Waals surface area contributed by atoms with Crippen LogP contribution in [0.2, 0.25) is 0 Å². The highest BCUT2D eigenvalue weighted by atomic mass is 16.3. The standard InChI is InChI=1S/C25H24N2O3/c1-16-7-6-10-21(17(16)2)26-23(28)14-27(3)24(29)13-19-15-30-22-12-11-18-8-4-5-9-20(18)25(19)22/h4-12,15H,13-14H2,1-3H3,(H,26,28). The number of hydrogen-bond acceptors (Lipinski definition) is 3. The topological polar surface area (TPSA) is 62.6 Å². The van der Waals surface area contributed by atoms with Crippen molar-refractivity contribution in [1.82, 2.24) is 4.90 Å². The molecule has 0 aliphatic heterocycles. The molecule has 0 atom stereocenters. The fourth-order valence-electron chi connectivity index (χ4n) is 3.68. The monoisotopic (exact) mass is 400 g/mol. The first-order valence-electron chi connectivity index (χ1n) is 9.92. The number of benzene rings is 3. The Balaban J connectivity index is 1.48. The Hall–Kier alpha value is -3.60. The average molecular weight is 400 g/mol. The van der Waals surface area contributed by atoms with Crippen molar-refractivity contribution >= 4 is 39.2 Å². The van der Waals surface area contributed by atoms with E-state index in [4.69, 9.17) is 4.42 Å². The number of hydrogen-bond donors (Lipinski definition) is 1. The van der Waals surface area contributed by atoms with Crippen molar-refractivity contribution in [3.05, 3.63) is 77.6 Å². The Labute approximate surface area is 175 Å². The first-order valence-corrected chi connectivity index (χ1v) is 9.92. The van der Waals surface area contributed by atoms with Gasteiger partial charge in [-0.25, -0.2) is 0 Å². The number of furan rings is 1. The van der Waals surface area contributed by atoms with Crippen molar-refractivity contribution in [1.29, 1.82) is 0 Å². The molecule has 2 amide bonds. The van der Waals surface area contributed by atoms with Crippen LogP contribution in [-0.4, -0.2) is 30.3 Å². The van der Waals surface area contributed by atoms with E-state index in [1.807, 2.05) is 68.4 Å². The molecule has 0 aliphatic rings. The molecular weight excluding hydrogens is 376 g/mol. The van der Waals surface area contributed by atoms with Gasteiger partial charge in [0.05, 0.1) is 19.2 Å². The Morgan fingerprint density at radius 2 is 1.80 bits per heavy atom. The lowest BCUT2D eigenvalue weighted by Gasteiger charge is -2.17. The average Bonchev–Trinajstić information content (AvgIpc) is 3.14. The molecule has 1 aromatic heterocycles. The van der Waals surface area contributed by atoms with Gasteiger partial charge in [-0.15, -0.1) is 0 Å². The maximum absolute atomic E-state index is 12.8. The molecule has 152 valence electrons. The van der Waals surface area contributed by atoms with Crippen molar-refractivity contribution in [2.75, 3.05) is 18.9 Å². The molecule has 0 aliphatic carbocycles. The summed E-state index contributed by atoms with van der Waals surface area (Å²) in [5.74, 6) is -0.358. The van der Waals surface area contributed by atoms with Crippen LogP contribution in [0, 0.1) is 13.8 Å². The van der Waals surface area contributed by atoms with E-state index < -0.39 is 0 Å². The summed E-state index contributed by atoms with van der Waals surface area (Å²) in [5, 5.41) is 6.01. The molecule has 0 spiro atoms. The van der Waals surface area contributed by atoms with E-state index >= 15 is 0 Å². The molecule has 0 unspecified atom stereocenters. The molecule has 1 N–H and O–H groups in total. The molecular formula is C25H24N2O3. The quantitative estimate of drug-likeness (QED) is 0.521. The summed E-state index contributed by atoms with van der Waals surface area (Å²) in [7, 11) is 1.64. The number of nitrogens with one attached hydrogen (secondary N) is 1. The zero-order chi connectivity index (χ0) is 21.3. The van der Waals surface area contributed by atoms with Crippen LogP contribution in [0.15, 0.2) is 65.3 Å². The fourth-order valence-corrected chi connectivity index (χ4v) is 3.68. The number of amides is 2. The van der Waals surface area contributed by atoms with Crippen LogP contribution in [0.25, 0.3) is 21.7 Å². The maximum Gasteiger partial charge on any atom is 0.243 e. The number of carbonyl (C=O) groups is 2. The summed E-state index contributed by atoms with van der Waals surface area (Å²) in [6.07, 6.45) is 1.81. The lowest BCUT2D eigenvalue weighted by Crippen LogP contribution is -2.35. The molecule has 0 fully saturated rings. The molecule has 4 aromatic rings. The van der Waals surface area contributed by atoms with Crippen molar-refractivity contribution in [3.8, 4) is 0 Å². The lowest BCUT2D eigenvalue weighted by molar-refractivity contribution is -0.132. The zero-order valence-corrected chi connectivity index (χ0v) is 17.4. The highest BCUT2D eigenvalue weighted by molar-refractivity contribution is 6.08. The van der Waals surface area contributed by atoms with Gasteiger partial charge in [0.25, 0.3) is 0 Å². The Morgan fingerprint density at radius 3 is 2.63 bits per heavy atom. The minimum absolute atomic E-state index is 0.0112. The van der Waals surface area contributed by atoms with Gasteiger partial charge >= 0.3 is 0 Å². The Bertz CT molecular complexity index is 1260. The van der Waals surface area contributed by atoms with Gasteiger partial charge in [0.1, 0.15) is 5.58 Å². The smallest absolute Gasteiger partial charge is 0.243 e. The van der Waals surface area contributed by atoms with Gasteiger partial charge in [-0.1, -0.05) is 42.5 Å². The first kappa shape index (κ1) is 19.7. The van der Waals surface area contributed by atoms with Crippen LogP contribution in [0.1, 0.15) is 16.7 Å². The van der Waals surface area contributed by atoms with E-state index in [9.17, 15) is 9.59 Å². The van der Waals surface area contributed by atoms with Gasteiger partial charge in [0, 0.05) is 23.7 Å². The van der Waals surface area contributed by atoms with E-state index in [1.165, 1.54) is 4.90 Å². The van der Waals surface area contributed by atoms with Gasteiger partial charge in [-0.3, -0.25) is 9.59 Å². The van der Waals surface area contributed by atoms with Crippen molar-refractivity contribution < 1.29 is 14.0 Å². The van der Waals surface area contributed by atoms with Crippen LogP contribution in [0.5, 0.6) is 0 Å². The summed E-state index contributed by atoms with van der Waals surface area (Å²) < 4.78 is 5.67. The molecule has 30 heavy (non-hydrogen) atoms. The van der Waals surface area contributed by atoms with Gasteiger partial charge in [0.2, 0.25) is 11.8 Å². The van der Waals surface area contributed by atoms with E-state index in [-0.39, 0.29) is 24.8 Å². The second-order valence-electron chi connectivity index (χ2n) is 7.64. The summed E-state index contributed by atoms with van der Waals surface area (Å²) in [6, 6.07) is 17.7. The van der Waals surface area contributed by atoms with E-state index in [0.717, 1.165) is 44.1 Å². The van der Waals surface area contributed by atoms with E-state index in [1.54, 1.807) is 13.3 Å². The number of likely N-dealkylation sites (N-methyl/N-ethyl adjacent to an activating group) is 1. The summed E-state index contributed by atoms with van der Waals surface area (Å²) >= 11 is 0. The normalized spacial score (nSPS) is 11.0. The minimum atomic E-state index is -0.220. The maximum atomic E-state index is 12.8. The van der Waals surface area contributed by atoms with Gasteiger partial charge in [-0.05, 0) is 47.9 Å². The molecule has 0 bridgehead atoms. The zero-order valence-electron chi connectivity index (χ0n) is 17.4. The molecule has 0 saturated heterocycles. The number of aryl methyl sites for hydroxylation is 1. The minimum Gasteiger partial charge on any atom is -0.464 e. The first-order chi connectivity index (χ1) is 14.4. The SMILES string of the molecule is Cc1cccc(NC(=O)CN(C)C(=O)Cc2coc3ccc4ccccc4c23)c1C. The molecule has 0 radical (unpaired) electrons. The summed E-state index contributed by atoms with van der Waals surface area (Å²) in [5.41, 5.74) is 4.49. The molecule has 5 nitrogen and oxygen atoms in total. The second-order valence-corrected chi connectivity index (χ2v) is 7.64. The number of carbonyl (C=O) groups excluding carboxylic acids is 2.